The first-order valence-electron chi connectivity index (χ1n) is 5.24. The Morgan fingerprint density at radius 3 is 2.14 bits per heavy atom. The maximum Gasteiger partial charge on any atom is 0.240 e. The SMILES string of the molecule is CCC(C)N(C)C(=O)C(N)C(C)(C)C. The average Bonchev–Trinajstić information content (AvgIpc) is 2.11. The summed E-state index contributed by atoms with van der Waals surface area (Å²) in [4.78, 5) is 13.6. The van der Waals surface area contributed by atoms with Gasteiger partial charge >= 0.3 is 0 Å². The monoisotopic (exact) mass is 200 g/mol. The van der Waals surface area contributed by atoms with Crippen LogP contribution in [-0.4, -0.2) is 29.9 Å². The molecule has 0 aromatic rings. The number of nitrogens with zero attached hydrogens (tertiary/aromatic N) is 1. The lowest BCUT2D eigenvalue weighted by atomic mass is 9.86. The van der Waals surface area contributed by atoms with Crippen LogP contribution in [0.4, 0.5) is 0 Å². The minimum absolute atomic E-state index is 0.0341. The van der Waals surface area contributed by atoms with Gasteiger partial charge in [0, 0.05) is 13.1 Å². The summed E-state index contributed by atoms with van der Waals surface area (Å²) in [6, 6.07) is -0.155. The highest BCUT2D eigenvalue weighted by molar-refractivity contribution is 5.82. The molecule has 0 aromatic carbocycles. The first kappa shape index (κ1) is 13.4. The van der Waals surface area contributed by atoms with E-state index in [1.165, 1.54) is 0 Å². The number of hydrogen-bond donors (Lipinski definition) is 1. The molecule has 1 amide bonds. The summed E-state index contributed by atoms with van der Waals surface area (Å²) in [6.07, 6.45) is 0.957. The van der Waals surface area contributed by atoms with Crippen molar-refractivity contribution in [1.82, 2.24) is 4.90 Å². The molecule has 3 heteroatoms. The molecule has 0 radical (unpaired) electrons. The molecule has 84 valence electrons. The Morgan fingerprint density at radius 1 is 1.43 bits per heavy atom. The van der Waals surface area contributed by atoms with E-state index >= 15 is 0 Å². The third-order valence-electron chi connectivity index (χ3n) is 2.80. The Morgan fingerprint density at radius 2 is 1.86 bits per heavy atom. The number of carbonyl (C=O) groups excluding carboxylic acids is 1. The molecule has 0 aliphatic rings. The third-order valence-corrected chi connectivity index (χ3v) is 2.80. The molecule has 0 rings (SSSR count). The summed E-state index contributed by atoms with van der Waals surface area (Å²) in [7, 11) is 1.82. The summed E-state index contributed by atoms with van der Waals surface area (Å²) in [5.74, 6) is 0.0341. The Balaban J connectivity index is 4.47. The van der Waals surface area contributed by atoms with Crippen molar-refractivity contribution in [3.8, 4) is 0 Å². The Hall–Kier alpha value is -0.570. The van der Waals surface area contributed by atoms with Crippen LogP contribution in [0.1, 0.15) is 41.0 Å². The zero-order valence-electron chi connectivity index (χ0n) is 10.3. The molecule has 0 fully saturated rings. The molecule has 0 saturated heterocycles. The molecule has 3 nitrogen and oxygen atoms in total. The van der Waals surface area contributed by atoms with E-state index in [2.05, 4.69) is 6.92 Å². The highest BCUT2D eigenvalue weighted by Crippen LogP contribution is 2.19. The second kappa shape index (κ2) is 4.78. The van der Waals surface area contributed by atoms with Gasteiger partial charge in [0.2, 0.25) is 5.91 Å². The van der Waals surface area contributed by atoms with Crippen LogP contribution in [-0.2, 0) is 4.79 Å². The molecule has 0 bridgehead atoms. The zero-order chi connectivity index (χ0) is 11.5. The number of rotatable bonds is 3. The van der Waals surface area contributed by atoms with Crippen molar-refractivity contribution in [3.63, 3.8) is 0 Å². The van der Waals surface area contributed by atoms with Crippen LogP contribution in [0.15, 0.2) is 0 Å². The van der Waals surface area contributed by atoms with Crippen molar-refractivity contribution < 1.29 is 4.79 Å². The lowest BCUT2D eigenvalue weighted by Crippen LogP contribution is -2.51. The molecular formula is C11H24N2O. The summed E-state index contributed by atoms with van der Waals surface area (Å²) >= 11 is 0. The summed E-state index contributed by atoms with van der Waals surface area (Å²) in [5.41, 5.74) is 5.73. The van der Waals surface area contributed by atoms with Gasteiger partial charge in [0.05, 0.1) is 6.04 Å². The molecule has 2 atom stereocenters. The average molecular weight is 200 g/mol. The molecule has 0 heterocycles. The third kappa shape index (κ3) is 3.29. The first-order chi connectivity index (χ1) is 6.21. The second-order valence-corrected chi connectivity index (χ2v) is 5.05. The van der Waals surface area contributed by atoms with Gasteiger partial charge in [0.1, 0.15) is 0 Å². The minimum Gasteiger partial charge on any atom is -0.342 e. The standard InChI is InChI=1S/C11H24N2O/c1-7-8(2)13(6)10(14)9(12)11(3,4)5/h8-9H,7,12H2,1-6H3. The van der Waals surface area contributed by atoms with E-state index in [4.69, 9.17) is 5.73 Å². The number of nitrogens with two attached hydrogens (primary N) is 1. The van der Waals surface area contributed by atoms with Gasteiger partial charge < -0.3 is 10.6 Å². The van der Waals surface area contributed by atoms with Crippen LogP contribution in [0.3, 0.4) is 0 Å². The van der Waals surface area contributed by atoms with Crippen LogP contribution in [0, 0.1) is 5.41 Å². The van der Waals surface area contributed by atoms with Gasteiger partial charge in [0.25, 0.3) is 0 Å². The van der Waals surface area contributed by atoms with Gasteiger partial charge in [-0.15, -0.1) is 0 Å². The van der Waals surface area contributed by atoms with Gasteiger partial charge in [-0.2, -0.15) is 0 Å². The highest BCUT2D eigenvalue weighted by atomic mass is 16.2. The number of hydrogen-bond acceptors (Lipinski definition) is 2. The number of carbonyl (C=O) groups is 1. The predicted octanol–water partition coefficient (Wildman–Crippen LogP) is 1.62. The topological polar surface area (TPSA) is 46.3 Å². The molecule has 0 saturated carbocycles. The molecule has 2 unspecified atom stereocenters. The normalized spacial score (nSPS) is 16.2. The Labute approximate surface area is 87.6 Å². The van der Waals surface area contributed by atoms with Crippen molar-refractivity contribution in [1.29, 1.82) is 0 Å². The fourth-order valence-corrected chi connectivity index (χ4v) is 1.08. The van der Waals surface area contributed by atoms with Crippen molar-refractivity contribution in [3.05, 3.63) is 0 Å². The zero-order valence-corrected chi connectivity index (χ0v) is 10.3. The largest absolute Gasteiger partial charge is 0.342 e. The van der Waals surface area contributed by atoms with Crippen molar-refractivity contribution >= 4 is 5.91 Å². The van der Waals surface area contributed by atoms with E-state index in [1.807, 2.05) is 34.7 Å². The number of amides is 1. The smallest absolute Gasteiger partial charge is 0.240 e. The van der Waals surface area contributed by atoms with E-state index in [9.17, 15) is 4.79 Å². The fourth-order valence-electron chi connectivity index (χ4n) is 1.08. The molecule has 0 spiro atoms. The van der Waals surface area contributed by atoms with Crippen LogP contribution in [0.2, 0.25) is 0 Å². The van der Waals surface area contributed by atoms with Crippen molar-refractivity contribution in [2.45, 2.75) is 53.1 Å². The van der Waals surface area contributed by atoms with E-state index in [-0.39, 0.29) is 17.4 Å². The Bertz CT molecular complexity index is 196. The van der Waals surface area contributed by atoms with Crippen LogP contribution < -0.4 is 5.73 Å². The highest BCUT2D eigenvalue weighted by Gasteiger charge is 2.30. The molecule has 14 heavy (non-hydrogen) atoms. The lowest BCUT2D eigenvalue weighted by molar-refractivity contribution is -0.135. The first-order valence-corrected chi connectivity index (χ1v) is 5.24. The second-order valence-electron chi connectivity index (χ2n) is 5.05. The van der Waals surface area contributed by atoms with E-state index in [0.29, 0.717) is 0 Å². The molecule has 0 aliphatic carbocycles. The van der Waals surface area contributed by atoms with Crippen molar-refractivity contribution in [2.75, 3.05) is 7.05 Å². The number of likely N-dealkylation sites (N-methyl/N-ethyl adjacent to an activating group) is 1. The van der Waals surface area contributed by atoms with Crippen molar-refractivity contribution in [2.24, 2.45) is 11.1 Å². The van der Waals surface area contributed by atoms with Crippen LogP contribution >= 0.6 is 0 Å². The molecular weight excluding hydrogens is 176 g/mol. The minimum atomic E-state index is -0.415. The molecule has 0 aromatic heterocycles. The van der Waals surface area contributed by atoms with Crippen LogP contribution in [0.5, 0.6) is 0 Å². The summed E-state index contributed by atoms with van der Waals surface area (Å²) < 4.78 is 0. The maximum atomic E-state index is 11.9. The summed E-state index contributed by atoms with van der Waals surface area (Å²) in [6.45, 7) is 10.1. The van der Waals surface area contributed by atoms with E-state index in [1.54, 1.807) is 4.90 Å². The quantitative estimate of drug-likeness (QED) is 0.752. The lowest BCUT2D eigenvalue weighted by Gasteiger charge is -2.32. The van der Waals surface area contributed by atoms with E-state index in [0.717, 1.165) is 6.42 Å². The maximum absolute atomic E-state index is 11.9. The van der Waals surface area contributed by atoms with Gasteiger partial charge in [0.15, 0.2) is 0 Å². The summed E-state index contributed by atoms with van der Waals surface area (Å²) in [5, 5.41) is 0. The fraction of sp³-hybridized carbons (Fsp3) is 0.909. The molecule has 0 aliphatic heterocycles. The van der Waals surface area contributed by atoms with Gasteiger partial charge in [-0.1, -0.05) is 27.7 Å². The predicted molar refractivity (Wildman–Crippen MR) is 60.0 cm³/mol. The van der Waals surface area contributed by atoms with E-state index < -0.39 is 6.04 Å². The molecule has 2 N–H and O–H groups in total. The Kier molecular flexibility index (Phi) is 4.59. The van der Waals surface area contributed by atoms with Gasteiger partial charge in [-0.25, -0.2) is 0 Å². The van der Waals surface area contributed by atoms with Gasteiger partial charge in [-0.05, 0) is 18.8 Å². The van der Waals surface area contributed by atoms with Gasteiger partial charge in [-0.3, -0.25) is 4.79 Å². The van der Waals surface area contributed by atoms with Crippen LogP contribution in [0.25, 0.3) is 0 Å².